The summed E-state index contributed by atoms with van der Waals surface area (Å²) in [5.41, 5.74) is 2.02. The summed E-state index contributed by atoms with van der Waals surface area (Å²) in [7, 11) is 2.95. The van der Waals surface area contributed by atoms with E-state index < -0.39 is 0 Å². The molecule has 0 aliphatic heterocycles. The summed E-state index contributed by atoms with van der Waals surface area (Å²) in [5, 5.41) is 4.00. The van der Waals surface area contributed by atoms with Crippen molar-refractivity contribution >= 4 is 38.3 Å². The van der Waals surface area contributed by atoms with Crippen LogP contribution in [0.4, 0.5) is 5.13 Å². The van der Waals surface area contributed by atoms with Crippen molar-refractivity contribution in [3.8, 4) is 17.2 Å². The van der Waals surface area contributed by atoms with E-state index in [0.717, 1.165) is 21.1 Å². The predicted octanol–water partition coefficient (Wildman–Crippen LogP) is 4.26. The van der Waals surface area contributed by atoms with Crippen LogP contribution in [0.2, 0.25) is 0 Å². The number of fused-ring (bicyclic) bond motifs is 2. The zero-order valence-corrected chi connectivity index (χ0v) is 17.6. The van der Waals surface area contributed by atoms with E-state index in [2.05, 4.69) is 10.3 Å². The van der Waals surface area contributed by atoms with Gasteiger partial charge in [0.05, 0.1) is 42.2 Å². The summed E-state index contributed by atoms with van der Waals surface area (Å²) in [6.45, 7) is 2.89. The maximum Gasteiger partial charge on any atom is 0.190 e. The number of carbonyl (C=O) groups excluding carboxylic acids is 2. The van der Waals surface area contributed by atoms with Gasteiger partial charge < -0.3 is 19.5 Å². The van der Waals surface area contributed by atoms with Crippen LogP contribution in [0.3, 0.4) is 0 Å². The second-order valence-electron chi connectivity index (χ2n) is 6.52. The third kappa shape index (κ3) is 3.50. The highest BCUT2D eigenvalue weighted by molar-refractivity contribution is 7.22. The fraction of sp³-hybridized carbons (Fsp3) is 0.227. The van der Waals surface area contributed by atoms with Crippen molar-refractivity contribution in [2.24, 2.45) is 0 Å². The Balaban J connectivity index is 1.67. The molecule has 0 bridgehead atoms. The second kappa shape index (κ2) is 8.16. The highest BCUT2D eigenvalue weighted by atomic mass is 32.1. The van der Waals surface area contributed by atoms with Crippen LogP contribution in [-0.4, -0.2) is 37.4 Å². The van der Waals surface area contributed by atoms with Crippen LogP contribution in [0, 0.1) is 0 Å². The molecule has 4 rings (SSSR count). The molecule has 0 spiro atoms. The van der Waals surface area contributed by atoms with Gasteiger partial charge in [0.15, 0.2) is 16.7 Å². The van der Waals surface area contributed by atoms with Crippen LogP contribution < -0.4 is 19.5 Å². The molecule has 0 saturated heterocycles. The SMILES string of the molecule is CCOc1ccc2nc(NCc3cc(OC)c4c(c3OC)C(=O)C=CC4=O)sc2c1. The van der Waals surface area contributed by atoms with Gasteiger partial charge in [0.2, 0.25) is 0 Å². The molecular weight excluding hydrogens is 404 g/mol. The zero-order valence-electron chi connectivity index (χ0n) is 16.8. The quantitative estimate of drug-likeness (QED) is 0.606. The number of hydrogen-bond acceptors (Lipinski definition) is 8. The second-order valence-corrected chi connectivity index (χ2v) is 7.55. The van der Waals surface area contributed by atoms with Gasteiger partial charge in [-0.1, -0.05) is 11.3 Å². The number of ketones is 2. The van der Waals surface area contributed by atoms with Crippen molar-refractivity contribution in [2.45, 2.75) is 13.5 Å². The number of nitrogens with one attached hydrogen (secondary N) is 1. The first-order valence-corrected chi connectivity index (χ1v) is 10.2. The Labute approximate surface area is 177 Å². The predicted molar refractivity (Wildman–Crippen MR) is 115 cm³/mol. The Hall–Kier alpha value is -3.39. The normalized spacial score (nSPS) is 12.8. The summed E-state index contributed by atoms with van der Waals surface area (Å²) in [6.07, 6.45) is 2.51. The summed E-state index contributed by atoms with van der Waals surface area (Å²) in [5.74, 6) is 0.940. The molecule has 2 aromatic carbocycles. The molecular formula is C22H20N2O5S. The van der Waals surface area contributed by atoms with Crippen LogP contribution in [0.15, 0.2) is 36.4 Å². The van der Waals surface area contributed by atoms with Gasteiger partial charge in [0.25, 0.3) is 0 Å². The zero-order chi connectivity index (χ0) is 21.3. The van der Waals surface area contributed by atoms with Crippen molar-refractivity contribution < 1.29 is 23.8 Å². The van der Waals surface area contributed by atoms with Gasteiger partial charge in [-0.2, -0.15) is 0 Å². The standard InChI is InChI=1S/C22H20N2O5S/c1-4-29-13-5-6-14-18(10-13)30-22(24-14)23-11-12-9-17(27-2)19-15(25)7-8-16(26)20(19)21(12)28-3/h5-10H,4,11H2,1-3H3,(H,23,24). The lowest BCUT2D eigenvalue weighted by Crippen LogP contribution is -2.17. The minimum absolute atomic E-state index is 0.229. The van der Waals surface area contributed by atoms with Gasteiger partial charge in [0, 0.05) is 12.1 Å². The van der Waals surface area contributed by atoms with Crippen molar-refractivity contribution in [2.75, 3.05) is 26.1 Å². The first-order chi connectivity index (χ1) is 14.5. The lowest BCUT2D eigenvalue weighted by atomic mass is 9.90. The maximum absolute atomic E-state index is 12.5. The number of ether oxygens (including phenoxy) is 3. The molecule has 0 amide bonds. The summed E-state index contributed by atoms with van der Waals surface area (Å²) < 4.78 is 17.5. The van der Waals surface area contributed by atoms with E-state index >= 15 is 0 Å². The molecule has 0 unspecified atom stereocenters. The van der Waals surface area contributed by atoms with Gasteiger partial charge in [0.1, 0.15) is 17.2 Å². The number of carbonyl (C=O) groups is 2. The van der Waals surface area contributed by atoms with Crippen LogP contribution >= 0.6 is 11.3 Å². The molecule has 1 aliphatic carbocycles. The largest absolute Gasteiger partial charge is 0.496 e. The smallest absolute Gasteiger partial charge is 0.190 e. The van der Waals surface area contributed by atoms with E-state index in [1.807, 2.05) is 25.1 Å². The lowest BCUT2D eigenvalue weighted by Gasteiger charge is -2.20. The van der Waals surface area contributed by atoms with Crippen LogP contribution in [-0.2, 0) is 6.54 Å². The Morgan fingerprint density at radius 2 is 1.80 bits per heavy atom. The lowest BCUT2D eigenvalue weighted by molar-refractivity contribution is 0.0988. The molecule has 1 aliphatic rings. The molecule has 1 heterocycles. The molecule has 154 valence electrons. The van der Waals surface area contributed by atoms with Gasteiger partial charge in [-0.25, -0.2) is 4.98 Å². The Morgan fingerprint density at radius 3 is 2.50 bits per heavy atom. The van der Waals surface area contributed by atoms with Gasteiger partial charge >= 0.3 is 0 Å². The molecule has 0 atom stereocenters. The van der Waals surface area contributed by atoms with Crippen molar-refractivity contribution in [3.05, 3.63) is 53.1 Å². The van der Waals surface area contributed by atoms with Crippen LogP contribution in [0.25, 0.3) is 10.2 Å². The molecule has 8 heteroatoms. The average Bonchev–Trinajstić information content (AvgIpc) is 3.16. The number of methoxy groups -OCH3 is 2. The third-order valence-corrected chi connectivity index (χ3v) is 5.70. The molecule has 0 fully saturated rings. The Kier molecular flexibility index (Phi) is 5.41. The van der Waals surface area contributed by atoms with E-state index in [0.29, 0.717) is 30.2 Å². The topological polar surface area (TPSA) is 86.8 Å². The Bertz CT molecular complexity index is 1180. The number of anilines is 1. The number of aromatic nitrogens is 1. The highest BCUT2D eigenvalue weighted by Crippen LogP contribution is 2.38. The summed E-state index contributed by atoms with van der Waals surface area (Å²) in [4.78, 5) is 29.4. The number of nitrogens with zero attached hydrogens (tertiary/aromatic N) is 1. The number of thiazole rings is 1. The molecule has 1 N–H and O–H groups in total. The third-order valence-electron chi connectivity index (χ3n) is 4.72. The number of allylic oxidation sites excluding steroid dienone is 2. The van der Waals surface area contributed by atoms with Crippen LogP contribution in [0.5, 0.6) is 17.2 Å². The van der Waals surface area contributed by atoms with E-state index in [1.165, 1.54) is 37.7 Å². The molecule has 30 heavy (non-hydrogen) atoms. The van der Waals surface area contributed by atoms with E-state index in [1.54, 1.807) is 6.07 Å². The number of benzene rings is 2. The summed E-state index contributed by atoms with van der Waals surface area (Å²) in [6, 6.07) is 7.49. The van der Waals surface area contributed by atoms with Crippen molar-refractivity contribution in [3.63, 3.8) is 0 Å². The monoisotopic (exact) mass is 424 g/mol. The van der Waals surface area contributed by atoms with Gasteiger partial charge in [-0.15, -0.1) is 0 Å². The molecule has 3 aromatic rings. The minimum atomic E-state index is -0.287. The number of rotatable bonds is 7. The number of hydrogen-bond donors (Lipinski definition) is 1. The highest BCUT2D eigenvalue weighted by Gasteiger charge is 2.29. The fourth-order valence-electron chi connectivity index (χ4n) is 3.42. The van der Waals surface area contributed by atoms with Crippen LogP contribution in [0.1, 0.15) is 33.2 Å². The van der Waals surface area contributed by atoms with E-state index in [4.69, 9.17) is 14.2 Å². The minimum Gasteiger partial charge on any atom is -0.496 e. The van der Waals surface area contributed by atoms with Gasteiger partial charge in [-0.05, 0) is 43.3 Å². The van der Waals surface area contributed by atoms with Crippen molar-refractivity contribution in [1.29, 1.82) is 0 Å². The maximum atomic E-state index is 12.5. The molecule has 1 aromatic heterocycles. The van der Waals surface area contributed by atoms with E-state index in [9.17, 15) is 9.59 Å². The van der Waals surface area contributed by atoms with Crippen molar-refractivity contribution in [1.82, 2.24) is 4.98 Å². The summed E-state index contributed by atoms with van der Waals surface area (Å²) >= 11 is 1.50. The fourth-order valence-corrected chi connectivity index (χ4v) is 4.31. The first-order valence-electron chi connectivity index (χ1n) is 9.37. The Morgan fingerprint density at radius 1 is 1.03 bits per heavy atom. The van der Waals surface area contributed by atoms with E-state index in [-0.39, 0.29) is 22.7 Å². The molecule has 7 nitrogen and oxygen atoms in total. The molecule has 0 saturated carbocycles. The first kappa shape index (κ1) is 19.9. The van der Waals surface area contributed by atoms with Gasteiger partial charge in [-0.3, -0.25) is 9.59 Å². The average molecular weight is 424 g/mol. The molecule has 0 radical (unpaired) electrons.